The first-order valence-electron chi connectivity index (χ1n) is 8.39. The number of hydrogen-bond donors (Lipinski definition) is 2. The second kappa shape index (κ2) is 8.60. The van der Waals surface area contributed by atoms with Crippen LogP contribution in [0.5, 0.6) is 11.5 Å². The van der Waals surface area contributed by atoms with Gasteiger partial charge in [0.1, 0.15) is 5.75 Å². The Kier molecular flexibility index (Phi) is 5.77. The van der Waals surface area contributed by atoms with E-state index < -0.39 is 27.1 Å². The van der Waals surface area contributed by atoms with Gasteiger partial charge in [-0.1, -0.05) is 12.1 Å². The standard InChI is InChI=1S/C18H14N6O6/c1-11-7-15(21-20-11)18(25)22-19-10-12-3-2-4-14(8-12)30-17-6-5-13(23(26)27)9-16(17)24(28)29/h2-10H,1H3,(H,20,21)(H,22,25)/b19-10+. The number of carbonyl (C=O) groups excluding carboxylic acids is 1. The van der Waals surface area contributed by atoms with Crippen LogP contribution < -0.4 is 10.2 Å². The molecule has 12 heteroatoms. The number of benzene rings is 2. The first-order chi connectivity index (χ1) is 14.3. The first kappa shape index (κ1) is 20.1. The zero-order valence-corrected chi connectivity index (χ0v) is 15.4. The Morgan fingerprint density at radius 3 is 2.63 bits per heavy atom. The Morgan fingerprint density at radius 2 is 1.97 bits per heavy atom. The molecule has 1 amide bonds. The number of hydrazone groups is 1. The third-order valence-electron chi connectivity index (χ3n) is 3.75. The van der Waals surface area contributed by atoms with Crippen molar-refractivity contribution in [2.45, 2.75) is 6.92 Å². The molecule has 0 saturated carbocycles. The van der Waals surface area contributed by atoms with Crippen LogP contribution in [0.3, 0.4) is 0 Å². The van der Waals surface area contributed by atoms with Gasteiger partial charge in [0.2, 0.25) is 5.75 Å². The molecule has 0 unspecified atom stereocenters. The second-order valence-corrected chi connectivity index (χ2v) is 5.98. The van der Waals surface area contributed by atoms with Crippen molar-refractivity contribution >= 4 is 23.5 Å². The average molecular weight is 410 g/mol. The molecule has 0 aliphatic rings. The highest BCUT2D eigenvalue weighted by atomic mass is 16.6. The number of amides is 1. The van der Waals surface area contributed by atoms with Crippen molar-refractivity contribution in [3.05, 3.63) is 85.7 Å². The van der Waals surface area contributed by atoms with Gasteiger partial charge in [-0.05, 0) is 36.8 Å². The van der Waals surface area contributed by atoms with Crippen LogP contribution in [0.2, 0.25) is 0 Å². The molecule has 0 radical (unpaired) electrons. The van der Waals surface area contributed by atoms with Crippen LogP contribution in [-0.4, -0.2) is 32.2 Å². The molecular weight excluding hydrogens is 396 g/mol. The SMILES string of the molecule is Cc1cc(C(=O)N/N=C/c2cccc(Oc3ccc([N+](=O)[O-])cc3[N+](=O)[O-])c2)n[nH]1. The van der Waals surface area contributed by atoms with Crippen molar-refractivity contribution in [3.63, 3.8) is 0 Å². The van der Waals surface area contributed by atoms with Gasteiger partial charge >= 0.3 is 5.69 Å². The number of aryl methyl sites for hydroxylation is 1. The van der Waals surface area contributed by atoms with Gasteiger partial charge < -0.3 is 4.74 Å². The van der Waals surface area contributed by atoms with Crippen LogP contribution in [0.1, 0.15) is 21.7 Å². The van der Waals surface area contributed by atoms with Crippen LogP contribution in [0.4, 0.5) is 11.4 Å². The molecule has 0 saturated heterocycles. The molecule has 30 heavy (non-hydrogen) atoms. The number of rotatable bonds is 7. The molecule has 1 aromatic heterocycles. The minimum Gasteiger partial charge on any atom is -0.450 e. The monoisotopic (exact) mass is 410 g/mol. The van der Waals surface area contributed by atoms with E-state index in [9.17, 15) is 25.0 Å². The van der Waals surface area contributed by atoms with E-state index in [1.807, 2.05) is 0 Å². The molecule has 0 fully saturated rings. The number of H-pyrrole nitrogens is 1. The van der Waals surface area contributed by atoms with Gasteiger partial charge in [-0.15, -0.1) is 0 Å². The van der Waals surface area contributed by atoms with E-state index in [-0.39, 0.29) is 17.2 Å². The summed E-state index contributed by atoms with van der Waals surface area (Å²) in [7, 11) is 0. The third kappa shape index (κ3) is 4.81. The normalized spacial score (nSPS) is 10.7. The Bertz CT molecular complexity index is 1160. The van der Waals surface area contributed by atoms with Crippen molar-refractivity contribution < 1.29 is 19.4 Å². The lowest BCUT2D eigenvalue weighted by atomic mass is 10.2. The fourth-order valence-corrected chi connectivity index (χ4v) is 2.39. The van der Waals surface area contributed by atoms with Crippen molar-refractivity contribution in [2.24, 2.45) is 5.10 Å². The van der Waals surface area contributed by atoms with E-state index in [2.05, 4.69) is 20.7 Å². The Morgan fingerprint density at radius 1 is 1.17 bits per heavy atom. The average Bonchev–Trinajstić information content (AvgIpc) is 3.14. The number of carbonyl (C=O) groups is 1. The summed E-state index contributed by atoms with van der Waals surface area (Å²) in [5, 5.41) is 32.3. The summed E-state index contributed by atoms with van der Waals surface area (Å²) in [4.78, 5) is 32.4. The Labute approximate surface area is 168 Å². The maximum atomic E-state index is 11.9. The quantitative estimate of drug-likeness (QED) is 0.343. The van der Waals surface area contributed by atoms with Crippen molar-refractivity contribution in [1.82, 2.24) is 15.6 Å². The molecule has 1 heterocycles. The van der Waals surface area contributed by atoms with Gasteiger partial charge in [0.05, 0.1) is 22.1 Å². The second-order valence-electron chi connectivity index (χ2n) is 5.98. The summed E-state index contributed by atoms with van der Waals surface area (Å²) in [6.07, 6.45) is 1.36. The highest BCUT2D eigenvalue weighted by molar-refractivity contribution is 5.93. The summed E-state index contributed by atoms with van der Waals surface area (Å²) in [6, 6.07) is 11.0. The fourth-order valence-electron chi connectivity index (χ4n) is 2.39. The number of ether oxygens (including phenoxy) is 1. The Hall–Kier alpha value is -4.61. The smallest absolute Gasteiger partial charge is 0.318 e. The number of hydrogen-bond acceptors (Lipinski definition) is 8. The van der Waals surface area contributed by atoms with E-state index in [0.717, 1.165) is 23.9 Å². The van der Waals surface area contributed by atoms with Gasteiger partial charge in [0.25, 0.3) is 11.6 Å². The number of nitro groups is 2. The van der Waals surface area contributed by atoms with Crippen LogP contribution in [-0.2, 0) is 0 Å². The molecule has 3 rings (SSSR count). The van der Waals surface area contributed by atoms with Gasteiger partial charge in [-0.25, -0.2) is 5.43 Å². The molecule has 152 valence electrons. The molecule has 0 atom stereocenters. The predicted octanol–water partition coefficient (Wildman–Crippen LogP) is 3.09. The highest BCUT2D eigenvalue weighted by Gasteiger charge is 2.21. The van der Waals surface area contributed by atoms with E-state index in [1.54, 1.807) is 31.2 Å². The lowest BCUT2D eigenvalue weighted by Gasteiger charge is -2.07. The molecule has 0 bridgehead atoms. The van der Waals surface area contributed by atoms with Gasteiger partial charge in [0.15, 0.2) is 5.69 Å². The lowest BCUT2D eigenvalue weighted by Crippen LogP contribution is -2.18. The zero-order chi connectivity index (χ0) is 21.7. The molecule has 2 aromatic carbocycles. The summed E-state index contributed by atoms with van der Waals surface area (Å²) in [5.41, 5.74) is 2.82. The van der Waals surface area contributed by atoms with Crippen LogP contribution in [0.15, 0.2) is 53.6 Å². The number of non-ortho nitro benzene ring substituents is 1. The molecule has 0 aliphatic heterocycles. The molecule has 2 N–H and O–H groups in total. The number of nitrogens with one attached hydrogen (secondary N) is 2. The van der Waals surface area contributed by atoms with Crippen LogP contribution in [0.25, 0.3) is 0 Å². The number of nitro benzene ring substituents is 2. The van der Waals surface area contributed by atoms with Gasteiger partial charge in [-0.3, -0.25) is 30.1 Å². The molecule has 0 spiro atoms. The summed E-state index contributed by atoms with van der Waals surface area (Å²) in [6.45, 7) is 1.76. The minimum absolute atomic E-state index is 0.151. The minimum atomic E-state index is -0.764. The summed E-state index contributed by atoms with van der Waals surface area (Å²) < 4.78 is 5.52. The number of nitrogens with zero attached hydrogens (tertiary/aromatic N) is 4. The van der Waals surface area contributed by atoms with E-state index in [1.165, 1.54) is 12.3 Å². The molecule has 0 aliphatic carbocycles. The van der Waals surface area contributed by atoms with Crippen molar-refractivity contribution in [3.8, 4) is 11.5 Å². The largest absolute Gasteiger partial charge is 0.450 e. The van der Waals surface area contributed by atoms with Crippen molar-refractivity contribution in [1.29, 1.82) is 0 Å². The zero-order valence-electron chi connectivity index (χ0n) is 15.4. The van der Waals surface area contributed by atoms with E-state index in [0.29, 0.717) is 5.56 Å². The number of aromatic nitrogens is 2. The lowest BCUT2D eigenvalue weighted by molar-refractivity contribution is -0.394. The number of aromatic amines is 1. The molecule has 12 nitrogen and oxygen atoms in total. The van der Waals surface area contributed by atoms with E-state index >= 15 is 0 Å². The van der Waals surface area contributed by atoms with E-state index in [4.69, 9.17) is 4.74 Å². The molecular formula is C18H14N6O6. The van der Waals surface area contributed by atoms with Crippen LogP contribution >= 0.6 is 0 Å². The van der Waals surface area contributed by atoms with Crippen molar-refractivity contribution in [2.75, 3.05) is 0 Å². The molecule has 3 aromatic rings. The maximum Gasteiger partial charge on any atom is 0.318 e. The van der Waals surface area contributed by atoms with Crippen LogP contribution in [0, 0.1) is 27.2 Å². The first-order valence-corrected chi connectivity index (χ1v) is 8.39. The summed E-state index contributed by atoms with van der Waals surface area (Å²) in [5.74, 6) is -0.406. The Balaban J connectivity index is 1.73. The van der Waals surface area contributed by atoms with Gasteiger partial charge in [-0.2, -0.15) is 10.2 Å². The van der Waals surface area contributed by atoms with Gasteiger partial charge in [0, 0.05) is 11.8 Å². The fraction of sp³-hybridized carbons (Fsp3) is 0.0556. The summed E-state index contributed by atoms with van der Waals surface area (Å²) >= 11 is 0. The topological polar surface area (TPSA) is 166 Å². The highest BCUT2D eigenvalue weighted by Crippen LogP contribution is 2.34. The maximum absolute atomic E-state index is 11.9. The third-order valence-corrected chi connectivity index (χ3v) is 3.75. The predicted molar refractivity (Wildman–Crippen MR) is 105 cm³/mol.